The Kier molecular flexibility index (Phi) is 5.19. The molecule has 0 aliphatic heterocycles. The molecule has 2 aromatic carbocycles. The molecule has 0 spiro atoms. The number of ether oxygens (including phenoxy) is 1. The van der Waals surface area contributed by atoms with Crippen molar-refractivity contribution in [3.63, 3.8) is 0 Å². The highest BCUT2D eigenvalue weighted by Gasteiger charge is 2.30. The van der Waals surface area contributed by atoms with Gasteiger partial charge in [-0.2, -0.15) is 0 Å². The number of rotatable bonds is 6. The SMILES string of the molecule is COc1ccc(NC(=O)C2CC2)cc1S(=O)(=O)Nc1ccc(I)cc1. The molecule has 3 rings (SSSR count). The van der Waals surface area contributed by atoms with E-state index in [1.165, 1.54) is 19.2 Å². The van der Waals surface area contributed by atoms with Crippen LogP contribution in [-0.4, -0.2) is 21.4 Å². The van der Waals surface area contributed by atoms with Gasteiger partial charge >= 0.3 is 0 Å². The molecule has 1 fully saturated rings. The van der Waals surface area contributed by atoms with E-state index in [1.54, 1.807) is 18.2 Å². The van der Waals surface area contributed by atoms with Crippen molar-refractivity contribution in [2.24, 2.45) is 5.92 Å². The molecule has 1 saturated carbocycles. The number of benzene rings is 2. The lowest BCUT2D eigenvalue weighted by atomic mass is 10.3. The van der Waals surface area contributed by atoms with Gasteiger partial charge in [-0.25, -0.2) is 8.42 Å². The Bertz CT molecular complexity index is 893. The molecule has 6 nitrogen and oxygen atoms in total. The number of halogens is 1. The zero-order valence-electron chi connectivity index (χ0n) is 13.5. The largest absolute Gasteiger partial charge is 0.495 e. The average Bonchev–Trinajstić information content (AvgIpc) is 3.42. The molecule has 0 heterocycles. The Morgan fingerprint density at radius 3 is 2.36 bits per heavy atom. The minimum atomic E-state index is -3.86. The van der Waals surface area contributed by atoms with Crippen LogP contribution in [-0.2, 0) is 14.8 Å². The van der Waals surface area contributed by atoms with Gasteiger partial charge in [-0.05, 0) is 77.9 Å². The molecule has 0 unspecified atom stereocenters. The molecule has 0 atom stereocenters. The number of carbonyl (C=O) groups is 1. The van der Waals surface area contributed by atoms with Crippen LogP contribution in [0.5, 0.6) is 5.75 Å². The summed E-state index contributed by atoms with van der Waals surface area (Å²) in [6.07, 6.45) is 1.75. The highest BCUT2D eigenvalue weighted by Crippen LogP contribution is 2.32. The first kappa shape index (κ1) is 18.0. The van der Waals surface area contributed by atoms with Crippen LogP contribution in [0.3, 0.4) is 0 Å². The Hall–Kier alpha value is -1.81. The van der Waals surface area contributed by atoms with Crippen LogP contribution in [0.25, 0.3) is 0 Å². The van der Waals surface area contributed by atoms with Gasteiger partial charge in [0.1, 0.15) is 10.6 Å². The number of anilines is 2. The summed E-state index contributed by atoms with van der Waals surface area (Å²) in [6.45, 7) is 0. The number of hydrogen-bond donors (Lipinski definition) is 2. The van der Waals surface area contributed by atoms with Gasteiger partial charge in [0.25, 0.3) is 10.0 Å². The van der Waals surface area contributed by atoms with Crippen LogP contribution in [0.1, 0.15) is 12.8 Å². The molecular weight excluding hydrogens is 455 g/mol. The summed E-state index contributed by atoms with van der Waals surface area (Å²) in [6, 6.07) is 11.6. The monoisotopic (exact) mass is 472 g/mol. The van der Waals surface area contributed by atoms with Gasteiger partial charge < -0.3 is 10.1 Å². The Balaban J connectivity index is 1.89. The topological polar surface area (TPSA) is 84.5 Å². The van der Waals surface area contributed by atoms with Crippen molar-refractivity contribution < 1.29 is 17.9 Å². The second-order valence-electron chi connectivity index (χ2n) is 5.74. The van der Waals surface area contributed by atoms with Gasteiger partial charge in [0.05, 0.1) is 7.11 Å². The van der Waals surface area contributed by atoms with Crippen LogP contribution in [0.2, 0.25) is 0 Å². The highest BCUT2D eigenvalue weighted by atomic mass is 127. The van der Waals surface area contributed by atoms with Crippen molar-refractivity contribution in [1.29, 1.82) is 0 Å². The molecule has 1 amide bonds. The number of carbonyl (C=O) groups excluding carboxylic acids is 1. The fourth-order valence-electron chi connectivity index (χ4n) is 2.28. The summed E-state index contributed by atoms with van der Waals surface area (Å²) in [5.41, 5.74) is 0.885. The van der Waals surface area contributed by atoms with Crippen LogP contribution >= 0.6 is 22.6 Å². The van der Waals surface area contributed by atoms with Crippen molar-refractivity contribution in [3.8, 4) is 5.75 Å². The molecule has 1 aliphatic carbocycles. The van der Waals surface area contributed by atoms with E-state index in [2.05, 4.69) is 32.6 Å². The van der Waals surface area contributed by atoms with E-state index in [-0.39, 0.29) is 22.5 Å². The summed E-state index contributed by atoms with van der Waals surface area (Å²) < 4.78 is 34.2. The number of hydrogen-bond acceptors (Lipinski definition) is 4. The summed E-state index contributed by atoms with van der Waals surface area (Å²) in [5, 5.41) is 2.75. The highest BCUT2D eigenvalue weighted by molar-refractivity contribution is 14.1. The fraction of sp³-hybridized carbons (Fsp3) is 0.235. The summed E-state index contributed by atoms with van der Waals surface area (Å²) >= 11 is 2.14. The molecule has 132 valence electrons. The maximum absolute atomic E-state index is 12.7. The first-order chi connectivity index (χ1) is 11.9. The van der Waals surface area contributed by atoms with Gasteiger partial charge in [0, 0.05) is 20.9 Å². The Morgan fingerprint density at radius 2 is 1.76 bits per heavy atom. The third-order valence-electron chi connectivity index (χ3n) is 3.77. The summed E-state index contributed by atoms with van der Waals surface area (Å²) in [4.78, 5) is 11.9. The number of methoxy groups -OCH3 is 1. The van der Waals surface area contributed by atoms with Gasteiger partial charge in [-0.1, -0.05) is 0 Å². The van der Waals surface area contributed by atoms with Gasteiger partial charge in [0.2, 0.25) is 5.91 Å². The van der Waals surface area contributed by atoms with E-state index in [9.17, 15) is 13.2 Å². The lowest BCUT2D eigenvalue weighted by molar-refractivity contribution is -0.117. The molecular formula is C17H17IN2O4S. The maximum Gasteiger partial charge on any atom is 0.265 e. The van der Waals surface area contributed by atoms with Crippen molar-refractivity contribution in [2.75, 3.05) is 17.1 Å². The molecule has 0 bridgehead atoms. The Morgan fingerprint density at radius 1 is 1.12 bits per heavy atom. The molecule has 2 N–H and O–H groups in total. The van der Waals surface area contributed by atoms with E-state index in [0.29, 0.717) is 11.4 Å². The second-order valence-corrected chi connectivity index (χ2v) is 8.64. The molecule has 0 aromatic heterocycles. The fourth-order valence-corrected chi connectivity index (χ4v) is 3.90. The van der Waals surface area contributed by atoms with E-state index in [1.807, 2.05) is 12.1 Å². The summed E-state index contributed by atoms with van der Waals surface area (Å²) in [7, 11) is -2.46. The van der Waals surface area contributed by atoms with E-state index in [4.69, 9.17) is 4.74 Å². The first-order valence-corrected chi connectivity index (χ1v) is 10.2. The number of nitrogens with one attached hydrogen (secondary N) is 2. The minimum absolute atomic E-state index is 0.0258. The third-order valence-corrected chi connectivity index (χ3v) is 5.89. The molecule has 2 aromatic rings. The average molecular weight is 472 g/mol. The van der Waals surface area contributed by atoms with Crippen LogP contribution in [0, 0.1) is 9.49 Å². The van der Waals surface area contributed by atoms with Crippen molar-refractivity contribution >= 4 is 49.9 Å². The molecule has 8 heteroatoms. The molecule has 0 radical (unpaired) electrons. The lowest BCUT2D eigenvalue weighted by Gasteiger charge is -2.13. The number of amides is 1. The second kappa shape index (κ2) is 7.20. The van der Waals surface area contributed by atoms with Crippen LogP contribution in [0.15, 0.2) is 47.4 Å². The van der Waals surface area contributed by atoms with Crippen molar-refractivity contribution in [3.05, 3.63) is 46.0 Å². The smallest absolute Gasteiger partial charge is 0.265 e. The molecule has 0 saturated heterocycles. The van der Waals surface area contributed by atoms with Crippen LogP contribution < -0.4 is 14.8 Å². The predicted octanol–water partition coefficient (Wildman–Crippen LogP) is 3.45. The van der Waals surface area contributed by atoms with E-state index in [0.717, 1.165) is 16.4 Å². The zero-order chi connectivity index (χ0) is 18.0. The standard InChI is InChI=1S/C17H17IN2O4S/c1-24-15-9-8-14(19-17(21)11-2-3-11)10-16(15)25(22,23)20-13-6-4-12(18)5-7-13/h4-11,20H,2-3H2,1H3,(H,19,21). The normalized spacial score (nSPS) is 14.0. The van der Waals surface area contributed by atoms with Crippen LogP contribution in [0.4, 0.5) is 11.4 Å². The quantitative estimate of drug-likeness (QED) is 0.631. The molecule has 1 aliphatic rings. The minimum Gasteiger partial charge on any atom is -0.495 e. The summed E-state index contributed by atoms with van der Waals surface area (Å²) in [5.74, 6) is 0.161. The molecule has 25 heavy (non-hydrogen) atoms. The van der Waals surface area contributed by atoms with E-state index >= 15 is 0 Å². The maximum atomic E-state index is 12.7. The first-order valence-electron chi connectivity index (χ1n) is 7.66. The van der Waals surface area contributed by atoms with Crippen molar-refractivity contribution in [1.82, 2.24) is 0 Å². The predicted molar refractivity (Wildman–Crippen MR) is 104 cm³/mol. The zero-order valence-corrected chi connectivity index (χ0v) is 16.4. The lowest BCUT2D eigenvalue weighted by Crippen LogP contribution is -2.16. The van der Waals surface area contributed by atoms with Gasteiger partial charge in [-0.15, -0.1) is 0 Å². The van der Waals surface area contributed by atoms with E-state index < -0.39 is 10.0 Å². The van der Waals surface area contributed by atoms with Gasteiger partial charge in [0.15, 0.2) is 0 Å². The Labute approximate surface area is 160 Å². The third kappa shape index (κ3) is 4.43. The van der Waals surface area contributed by atoms with Crippen molar-refractivity contribution in [2.45, 2.75) is 17.7 Å². The number of sulfonamides is 1. The van der Waals surface area contributed by atoms with Gasteiger partial charge in [-0.3, -0.25) is 9.52 Å².